The molecule has 14 heavy (non-hydrogen) atoms. The predicted molar refractivity (Wildman–Crippen MR) is 56.7 cm³/mol. The zero-order chi connectivity index (χ0) is 10.6. The SMILES string of the molecule is CC.Cc1nn2ccccc2c1C=O. The summed E-state index contributed by atoms with van der Waals surface area (Å²) in [5.74, 6) is 0. The van der Waals surface area contributed by atoms with Gasteiger partial charge in [0.2, 0.25) is 0 Å². The Hall–Kier alpha value is -1.64. The molecule has 74 valence electrons. The minimum Gasteiger partial charge on any atom is -0.298 e. The lowest BCUT2D eigenvalue weighted by molar-refractivity contribution is 0.112. The zero-order valence-electron chi connectivity index (χ0n) is 8.69. The minimum absolute atomic E-state index is 0.676. The molecule has 0 bridgehead atoms. The van der Waals surface area contributed by atoms with Crippen LogP contribution in [0.5, 0.6) is 0 Å². The molecule has 0 spiro atoms. The summed E-state index contributed by atoms with van der Waals surface area (Å²) in [5.41, 5.74) is 2.32. The predicted octanol–water partition coefficient (Wildman–Crippen LogP) is 2.48. The Morgan fingerprint density at radius 2 is 2.07 bits per heavy atom. The Morgan fingerprint density at radius 1 is 1.36 bits per heavy atom. The molecule has 0 aromatic carbocycles. The van der Waals surface area contributed by atoms with Crippen LogP contribution >= 0.6 is 0 Å². The van der Waals surface area contributed by atoms with Crippen molar-refractivity contribution in [3.05, 3.63) is 35.7 Å². The normalized spacial score (nSPS) is 9.36. The number of pyridine rings is 1. The van der Waals surface area contributed by atoms with Gasteiger partial charge >= 0.3 is 0 Å². The lowest BCUT2D eigenvalue weighted by atomic mass is 10.2. The van der Waals surface area contributed by atoms with Crippen molar-refractivity contribution in [1.82, 2.24) is 9.61 Å². The Bertz CT molecular complexity index is 432. The van der Waals surface area contributed by atoms with Crippen molar-refractivity contribution in [2.45, 2.75) is 20.8 Å². The first-order valence-corrected chi connectivity index (χ1v) is 4.72. The van der Waals surface area contributed by atoms with E-state index >= 15 is 0 Å². The highest BCUT2D eigenvalue weighted by Crippen LogP contribution is 2.11. The van der Waals surface area contributed by atoms with Crippen LogP contribution in [-0.4, -0.2) is 15.9 Å². The van der Waals surface area contributed by atoms with Crippen molar-refractivity contribution in [1.29, 1.82) is 0 Å². The Balaban J connectivity index is 0.000000461. The molecule has 3 nitrogen and oxygen atoms in total. The highest BCUT2D eigenvalue weighted by atomic mass is 16.1. The number of nitrogens with zero attached hydrogens (tertiary/aromatic N) is 2. The molecule has 0 amide bonds. The second-order valence-corrected chi connectivity index (χ2v) is 2.65. The van der Waals surface area contributed by atoms with Gasteiger partial charge in [-0.05, 0) is 19.1 Å². The Labute approximate surface area is 83.4 Å². The molecule has 0 saturated heterocycles. The maximum atomic E-state index is 10.6. The van der Waals surface area contributed by atoms with Crippen LogP contribution in [0.25, 0.3) is 5.52 Å². The fourth-order valence-electron chi connectivity index (χ4n) is 1.28. The summed E-state index contributed by atoms with van der Waals surface area (Å²) in [4.78, 5) is 10.6. The van der Waals surface area contributed by atoms with Gasteiger partial charge in [0, 0.05) is 6.20 Å². The molecule has 0 fully saturated rings. The van der Waals surface area contributed by atoms with Gasteiger partial charge in [-0.15, -0.1) is 0 Å². The van der Waals surface area contributed by atoms with E-state index < -0.39 is 0 Å². The standard InChI is InChI=1S/C9H8N2O.C2H6/c1-7-8(6-12)9-4-2-3-5-11(9)10-7;1-2/h2-6H,1H3;1-2H3. The maximum Gasteiger partial charge on any atom is 0.154 e. The number of hydrogen-bond acceptors (Lipinski definition) is 2. The van der Waals surface area contributed by atoms with Crippen LogP contribution in [0.2, 0.25) is 0 Å². The molecule has 0 aliphatic rings. The number of carbonyl (C=O) groups excluding carboxylic acids is 1. The van der Waals surface area contributed by atoms with E-state index in [2.05, 4.69) is 5.10 Å². The summed E-state index contributed by atoms with van der Waals surface area (Å²) in [5, 5.41) is 4.17. The molecule has 0 atom stereocenters. The molecular weight excluding hydrogens is 176 g/mol. The highest BCUT2D eigenvalue weighted by Gasteiger charge is 2.05. The van der Waals surface area contributed by atoms with Gasteiger partial charge in [-0.25, -0.2) is 4.52 Å². The van der Waals surface area contributed by atoms with E-state index in [4.69, 9.17) is 0 Å². The van der Waals surface area contributed by atoms with Crippen molar-refractivity contribution in [2.24, 2.45) is 0 Å². The van der Waals surface area contributed by atoms with Crippen molar-refractivity contribution in [2.75, 3.05) is 0 Å². The number of aryl methyl sites for hydroxylation is 1. The second kappa shape index (κ2) is 4.56. The molecule has 0 unspecified atom stereocenters. The van der Waals surface area contributed by atoms with E-state index in [1.54, 1.807) is 4.52 Å². The maximum absolute atomic E-state index is 10.6. The summed E-state index contributed by atoms with van der Waals surface area (Å²) >= 11 is 0. The number of fused-ring (bicyclic) bond motifs is 1. The lowest BCUT2D eigenvalue weighted by Gasteiger charge is -1.89. The van der Waals surface area contributed by atoms with Crippen LogP contribution in [0.15, 0.2) is 24.4 Å². The Morgan fingerprint density at radius 3 is 2.71 bits per heavy atom. The molecule has 0 saturated carbocycles. The third-order valence-corrected chi connectivity index (χ3v) is 1.88. The smallest absolute Gasteiger partial charge is 0.154 e. The summed E-state index contributed by atoms with van der Waals surface area (Å²) in [6.07, 6.45) is 2.67. The van der Waals surface area contributed by atoms with Crippen molar-refractivity contribution >= 4 is 11.8 Å². The molecule has 2 heterocycles. The molecule has 2 aromatic rings. The third-order valence-electron chi connectivity index (χ3n) is 1.88. The number of aromatic nitrogens is 2. The van der Waals surface area contributed by atoms with Gasteiger partial charge in [-0.2, -0.15) is 5.10 Å². The van der Waals surface area contributed by atoms with E-state index in [1.807, 2.05) is 45.2 Å². The number of rotatable bonds is 1. The quantitative estimate of drug-likeness (QED) is 0.647. The first-order valence-electron chi connectivity index (χ1n) is 4.72. The van der Waals surface area contributed by atoms with E-state index in [0.717, 1.165) is 17.5 Å². The number of hydrogen-bond donors (Lipinski definition) is 0. The molecule has 0 radical (unpaired) electrons. The van der Waals surface area contributed by atoms with Crippen molar-refractivity contribution in [3.8, 4) is 0 Å². The minimum atomic E-state index is 0.676. The van der Waals surface area contributed by atoms with Gasteiger partial charge in [0.05, 0.1) is 16.8 Å². The third kappa shape index (κ3) is 1.66. The zero-order valence-corrected chi connectivity index (χ0v) is 8.69. The average Bonchev–Trinajstić information content (AvgIpc) is 2.56. The average molecular weight is 190 g/mol. The number of carbonyl (C=O) groups is 1. The fourth-order valence-corrected chi connectivity index (χ4v) is 1.28. The Kier molecular flexibility index (Phi) is 3.40. The topological polar surface area (TPSA) is 34.4 Å². The lowest BCUT2D eigenvalue weighted by Crippen LogP contribution is -1.83. The van der Waals surface area contributed by atoms with E-state index in [9.17, 15) is 4.79 Å². The van der Waals surface area contributed by atoms with Crippen molar-refractivity contribution < 1.29 is 4.79 Å². The highest BCUT2D eigenvalue weighted by molar-refractivity contribution is 5.87. The van der Waals surface area contributed by atoms with Crippen LogP contribution in [0.4, 0.5) is 0 Å². The first-order chi connectivity index (χ1) is 6.83. The van der Waals surface area contributed by atoms with Gasteiger partial charge < -0.3 is 0 Å². The number of aldehydes is 1. The van der Waals surface area contributed by atoms with Crippen LogP contribution in [0.3, 0.4) is 0 Å². The largest absolute Gasteiger partial charge is 0.298 e. The first kappa shape index (κ1) is 10.4. The molecule has 2 rings (SSSR count). The second-order valence-electron chi connectivity index (χ2n) is 2.65. The van der Waals surface area contributed by atoms with Gasteiger partial charge in [0.1, 0.15) is 0 Å². The summed E-state index contributed by atoms with van der Waals surface area (Å²) < 4.78 is 1.71. The van der Waals surface area contributed by atoms with Crippen LogP contribution in [0, 0.1) is 6.92 Å². The molecule has 3 heteroatoms. The van der Waals surface area contributed by atoms with Gasteiger partial charge in [0.25, 0.3) is 0 Å². The monoisotopic (exact) mass is 190 g/mol. The van der Waals surface area contributed by atoms with Crippen LogP contribution in [-0.2, 0) is 0 Å². The molecule has 0 N–H and O–H groups in total. The summed E-state index contributed by atoms with van der Waals surface area (Å²) in [6, 6.07) is 5.65. The summed E-state index contributed by atoms with van der Waals surface area (Å²) in [6.45, 7) is 5.83. The van der Waals surface area contributed by atoms with E-state index in [1.165, 1.54) is 0 Å². The van der Waals surface area contributed by atoms with E-state index in [-0.39, 0.29) is 0 Å². The molecular formula is C11H14N2O. The van der Waals surface area contributed by atoms with Crippen LogP contribution in [0.1, 0.15) is 29.9 Å². The molecule has 2 aromatic heterocycles. The van der Waals surface area contributed by atoms with Crippen LogP contribution < -0.4 is 0 Å². The fraction of sp³-hybridized carbons (Fsp3) is 0.273. The molecule has 0 aliphatic carbocycles. The molecule has 0 aliphatic heterocycles. The van der Waals surface area contributed by atoms with Gasteiger partial charge in [-0.1, -0.05) is 19.9 Å². The van der Waals surface area contributed by atoms with Crippen molar-refractivity contribution in [3.63, 3.8) is 0 Å². The van der Waals surface area contributed by atoms with Gasteiger partial charge in [0.15, 0.2) is 6.29 Å². The van der Waals surface area contributed by atoms with E-state index in [0.29, 0.717) is 5.56 Å². The summed E-state index contributed by atoms with van der Waals surface area (Å²) in [7, 11) is 0. The van der Waals surface area contributed by atoms with Gasteiger partial charge in [-0.3, -0.25) is 4.79 Å².